The van der Waals surface area contributed by atoms with Gasteiger partial charge >= 0.3 is 0 Å². The van der Waals surface area contributed by atoms with E-state index in [0.29, 0.717) is 39.9 Å². The number of hydrogen-bond acceptors (Lipinski definition) is 3. The second-order valence-corrected chi connectivity index (χ2v) is 9.62. The van der Waals surface area contributed by atoms with Crippen molar-refractivity contribution in [1.82, 2.24) is 4.57 Å². The molecule has 2 aromatic carbocycles. The first-order valence-electron chi connectivity index (χ1n) is 10.1. The Kier molecular flexibility index (Phi) is 5.43. The molecular formula is C25H23BrN2O3. The SMILES string of the molecule is Cc1ccc(-n2c3c(cc(C(=O)Nc4ccccc4Br)c2=O)C(=O)CC(C)(C)C3)cc1. The van der Waals surface area contributed by atoms with Gasteiger partial charge in [-0.25, -0.2) is 0 Å². The molecule has 0 aliphatic heterocycles. The minimum atomic E-state index is -0.543. The van der Waals surface area contributed by atoms with E-state index in [0.717, 1.165) is 5.56 Å². The fraction of sp³-hybridized carbons (Fsp3) is 0.240. The number of fused-ring (bicyclic) bond motifs is 1. The van der Waals surface area contributed by atoms with Crippen LogP contribution in [0.15, 0.2) is 63.9 Å². The number of ketones is 1. The third-order valence-electron chi connectivity index (χ3n) is 5.55. The Morgan fingerprint density at radius 3 is 2.39 bits per heavy atom. The summed E-state index contributed by atoms with van der Waals surface area (Å²) in [5.41, 5.74) is 2.61. The van der Waals surface area contributed by atoms with Crippen LogP contribution in [0.3, 0.4) is 0 Å². The zero-order valence-corrected chi connectivity index (χ0v) is 19.2. The summed E-state index contributed by atoms with van der Waals surface area (Å²) in [6, 6.07) is 16.2. The number of rotatable bonds is 3. The number of para-hydroxylation sites is 1. The molecule has 31 heavy (non-hydrogen) atoms. The molecule has 1 amide bonds. The molecule has 0 saturated heterocycles. The number of anilines is 1. The highest BCUT2D eigenvalue weighted by atomic mass is 79.9. The van der Waals surface area contributed by atoms with Crippen LogP contribution in [0.4, 0.5) is 5.69 Å². The van der Waals surface area contributed by atoms with Crippen molar-refractivity contribution < 1.29 is 9.59 Å². The van der Waals surface area contributed by atoms with E-state index in [-0.39, 0.29) is 16.8 Å². The van der Waals surface area contributed by atoms with Gasteiger partial charge in [-0.05, 0) is 65.0 Å². The third kappa shape index (κ3) is 4.12. The van der Waals surface area contributed by atoms with E-state index in [4.69, 9.17) is 0 Å². The summed E-state index contributed by atoms with van der Waals surface area (Å²) >= 11 is 3.40. The predicted molar refractivity (Wildman–Crippen MR) is 125 cm³/mol. The maximum atomic E-state index is 13.5. The number of aromatic nitrogens is 1. The zero-order valence-electron chi connectivity index (χ0n) is 17.7. The van der Waals surface area contributed by atoms with Gasteiger partial charge in [0.25, 0.3) is 11.5 Å². The first kappa shape index (κ1) is 21.2. The molecule has 0 fully saturated rings. The van der Waals surface area contributed by atoms with Crippen molar-refractivity contribution in [3.8, 4) is 5.69 Å². The molecule has 6 heteroatoms. The summed E-state index contributed by atoms with van der Waals surface area (Å²) in [7, 11) is 0. The van der Waals surface area contributed by atoms with Crippen LogP contribution in [0, 0.1) is 12.3 Å². The number of amides is 1. The van der Waals surface area contributed by atoms with Crippen molar-refractivity contribution in [2.75, 3.05) is 5.32 Å². The molecule has 4 rings (SSSR count). The number of halogens is 1. The monoisotopic (exact) mass is 478 g/mol. The van der Waals surface area contributed by atoms with E-state index in [9.17, 15) is 14.4 Å². The third-order valence-corrected chi connectivity index (χ3v) is 6.24. The first-order chi connectivity index (χ1) is 14.7. The van der Waals surface area contributed by atoms with Gasteiger partial charge in [0.05, 0.1) is 5.69 Å². The quantitative estimate of drug-likeness (QED) is 0.553. The van der Waals surface area contributed by atoms with E-state index in [1.165, 1.54) is 10.6 Å². The van der Waals surface area contributed by atoms with Crippen LogP contribution < -0.4 is 10.9 Å². The van der Waals surface area contributed by atoms with Gasteiger partial charge in [-0.15, -0.1) is 0 Å². The maximum Gasteiger partial charge on any atom is 0.268 e. The predicted octanol–water partition coefficient (Wildman–Crippen LogP) is 5.32. The molecule has 1 aromatic heterocycles. The topological polar surface area (TPSA) is 68.2 Å². The van der Waals surface area contributed by atoms with Gasteiger partial charge in [0.15, 0.2) is 5.78 Å². The molecule has 5 nitrogen and oxygen atoms in total. The molecular weight excluding hydrogens is 456 g/mol. The van der Waals surface area contributed by atoms with Gasteiger partial charge in [-0.3, -0.25) is 19.0 Å². The van der Waals surface area contributed by atoms with Crippen molar-refractivity contribution in [1.29, 1.82) is 0 Å². The lowest BCUT2D eigenvalue weighted by atomic mass is 9.75. The van der Waals surface area contributed by atoms with Gasteiger partial charge < -0.3 is 5.32 Å². The van der Waals surface area contributed by atoms with Gasteiger partial charge in [0.1, 0.15) is 5.56 Å². The van der Waals surface area contributed by atoms with Gasteiger partial charge in [-0.2, -0.15) is 0 Å². The molecule has 0 atom stereocenters. The zero-order chi connectivity index (χ0) is 22.3. The molecule has 1 heterocycles. The lowest BCUT2D eigenvalue weighted by Gasteiger charge is -2.32. The lowest BCUT2D eigenvalue weighted by molar-refractivity contribution is 0.0909. The van der Waals surface area contributed by atoms with Gasteiger partial charge in [-0.1, -0.05) is 43.7 Å². The second kappa shape index (κ2) is 7.93. The van der Waals surface area contributed by atoms with Crippen LogP contribution in [0.5, 0.6) is 0 Å². The smallest absolute Gasteiger partial charge is 0.268 e. The standard InChI is InChI=1S/C25H23BrN2O3/c1-15-8-10-16(11-9-15)28-21-13-25(2,3)14-22(29)17(21)12-18(24(28)31)23(30)27-20-7-5-4-6-19(20)26/h4-12H,13-14H2,1-3H3,(H,27,30). The number of carbonyl (C=O) groups excluding carboxylic acids is 2. The molecule has 0 spiro atoms. The number of carbonyl (C=O) groups is 2. The fourth-order valence-electron chi connectivity index (χ4n) is 4.00. The largest absolute Gasteiger partial charge is 0.321 e. The van der Waals surface area contributed by atoms with Crippen molar-refractivity contribution in [2.24, 2.45) is 5.41 Å². The number of benzene rings is 2. The summed E-state index contributed by atoms with van der Waals surface area (Å²) < 4.78 is 2.24. The maximum absolute atomic E-state index is 13.5. The first-order valence-corrected chi connectivity index (χ1v) is 10.9. The number of pyridine rings is 1. The molecule has 0 radical (unpaired) electrons. The van der Waals surface area contributed by atoms with E-state index < -0.39 is 11.5 Å². The average molecular weight is 479 g/mol. The Hall–Kier alpha value is -2.99. The van der Waals surface area contributed by atoms with Crippen LogP contribution in [0.1, 0.15) is 52.2 Å². The fourth-order valence-corrected chi connectivity index (χ4v) is 4.38. The summed E-state index contributed by atoms with van der Waals surface area (Å²) in [5, 5.41) is 2.78. The van der Waals surface area contributed by atoms with Gasteiger partial charge in [0.2, 0.25) is 0 Å². The van der Waals surface area contributed by atoms with Crippen LogP contribution in [0.25, 0.3) is 5.69 Å². The minimum absolute atomic E-state index is 0.0527. The molecule has 1 N–H and O–H groups in total. The van der Waals surface area contributed by atoms with Crippen LogP contribution in [-0.2, 0) is 6.42 Å². The van der Waals surface area contributed by atoms with E-state index in [1.54, 1.807) is 18.2 Å². The lowest BCUT2D eigenvalue weighted by Crippen LogP contribution is -2.37. The molecule has 0 saturated carbocycles. The van der Waals surface area contributed by atoms with Crippen molar-refractivity contribution in [2.45, 2.75) is 33.6 Å². The number of hydrogen-bond donors (Lipinski definition) is 1. The normalized spacial score (nSPS) is 14.8. The molecule has 158 valence electrons. The highest BCUT2D eigenvalue weighted by Crippen LogP contribution is 2.35. The molecule has 0 bridgehead atoms. The van der Waals surface area contributed by atoms with E-state index in [1.807, 2.05) is 51.1 Å². The number of nitrogens with zero attached hydrogens (tertiary/aromatic N) is 1. The Morgan fingerprint density at radius 1 is 1.03 bits per heavy atom. The highest BCUT2D eigenvalue weighted by Gasteiger charge is 2.35. The minimum Gasteiger partial charge on any atom is -0.321 e. The van der Waals surface area contributed by atoms with Crippen LogP contribution in [-0.4, -0.2) is 16.3 Å². The number of aryl methyl sites for hydroxylation is 1. The van der Waals surface area contributed by atoms with Gasteiger partial charge in [0, 0.05) is 27.8 Å². The molecule has 1 aliphatic carbocycles. The molecule has 1 aliphatic rings. The average Bonchev–Trinajstić information content (AvgIpc) is 2.69. The summed E-state index contributed by atoms with van der Waals surface area (Å²) in [4.78, 5) is 39.6. The van der Waals surface area contributed by atoms with Crippen LogP contribution >= 0.6 is 15.9 Å². The van der Waals surface area contributed by atoms with E-state index in [2.05, 4.69) is 21.2 Å². The Labute approximate surface area is 189 Å². The Bertz CT molecular complexity index is 1260. The van der Waals surface area contributed by atoms with Crippen molar-refractivity contribution in [3.05, 3.63) is 91.8 Å². The second-order valence-electron chi connectivity index (χ2n) is 8.77. The summed E-state index contributed by atoms with van der Waals surface area (Å²) in [6.45, 7) is 6.01. The number of nitrogens with one attached hydrogen (secondary N) is 1. The highest BCUT2D eigenvalue weighted by molar-refractivity contribution is 9.10. The molecule has 3 aromatic rings. The van der Waals surface area contributed by atoms with Crippen LogP contribution in [0.2, 0.25) is 0 Å². The Balaban J connectivity index is 1.91. The summed E-state index contributed by atoms with van der Waals surface area (Å²) in [6.07, 6.45) is 0.945. The Morgan fingerprint density at radius 2 is 1.71 bits per heavy atom. The summed E-state index contributed by atoms with van der Waals surface area (Å²) in [5.74, 6) is -0.597. The number of Topliss-reactive ketones (excluding diaryl/α,β-unsaturated/α-hetero) is 1. The van der Waals surface area contributed by atoms with E-state index >= 15 is 0 Å². The van der Waals surface area contributed by atoms with Crippen molar-refractivity contribution in [3.63, 3.8) is 0 Å². The van der Waals surface area contributed by atoms with Crippen molar-refractivity contribution >= 4 is 33.3 Å². The molecule has 0 unspecified atom stereocenters.